The number of hydrogen-bond acceptors (Lipinski definition) is 5. The van der Waals surface area contributed by atoms with Crippen LogP contribution in [0.4, 0.5) is 10.1 Å². The van der Waals surface area contributed by atoms with Crippen LogP contribution in [-0.2, 0) is 16.1 Å². The molecule has 0 saturated heterocycles. The predicted octanol–water partition coefficient (Wildman–Crippen LogP) is 6.28. The number of rotatable bonds is 8. The number of nitrogens with one attached hydrogen (secondary N) is 1. The maximum atomic E-state index is 13.3. The standard InChI is InChI=1S/C30H23FN2O4/c1-2-36-30(35)22-9-14-25(15-10-22)33-29(34)23(18-32)17-27-26-6-4-3-5-21(26)11-16-28(27)37-19-20-7-12-24(31)13-8-20/h3-17H,2,19H2,1H3,(H,33,34)/b23-17+. The predicted molar refractivity (Wildman–Crippen MR) is 139 cm³/mol. The number of anilines is 1. The van der Waals surface area contributed by atoms with Crippen LogP contribution in [0.2, 0.25) is 0 Å². The van der Waals surface area contributed by atoms with Gasteiger partial charge in [0, 0.05) is 11.3 Å². The zero-order valence-corrected chi connectivity index (χ0v) is 20.0. The van der Waals surface area contributed by atoms with Gasteiger partial charge in [0.2, 0.25) is 0 Å². The van der Waals surface area contributed by atoms with Crippen LogP contribution in [-0.4, -0.2) is 18.5 Å². The van der Waals surface area contributed by atoms with Crippen LogP contribution in [0, 0.1) is 17.1 Å². The maximum absolute atomic E-state index is 13.3. The van der Waals surface area contributed by atoms with Gasteiger partial charge in [-0.1, -0.05) is 42.5 Å². The topological polar surface area (TPSA) is 88.4 Å². The maximum Gasteiger partial charge on any atom is 0.338 e. The van der Waals surface area contributed by atoms with Crippen LogP contribution in [0.1, 0.15) is 28.4 Å². The Kier molecular flexibility index (Phi) is 7.91. The van der Waals surface area contributed by atoms with E-state index in [4.69, 9.17) is 9.47 Å². The summed E-state index contributed by atoms with van der Waals surface area (Å²) < 4.78 is 24.2. The van der Waals surface area contributed by atoms with E-state index in [9.17, 15) is 19.2 Å². The lowest BCUT2D eigenvalue weighted by atomic mass is 10.0. The summed E-state index contributed by atoms with van der Waals surface area (Å²) in [4.78, 5) is 24.8. The number of carbonyl (C=O) groups is 2. The molecule has 37 heavy (non-hydrogen) atoms. The van der Waals surface area contributed by atoms with Crippen LogP contribution < -0.4 is 10.1 Å². The van der Waals surface area contributed by atoms with E-state index >= 15 is 0 Å². The molecule has 1 N–H and O–H groups in total. The van der Waals surface area contributed by atoms with Gasteiger partial charge in [-0.15, -0.1) is 0 Å². The van der Waals surface area contributed by atoms with Gasteiger partial charge >= 0.3 is 5.97 Å². The first-order valence-electron chi connectivity index (χ1n) is 11.6. The molecule has 0 fully saturated rings. The molecule has 0 saturated carbocycles. The van der Waals surface area contributed by atoms with Crippen molar-refractivity contribution < 1.29 is 23.5 Å². The van der Waals surface area contributed by atoms with Crippen LogP contribution in [0.25, 0.3) is 16.8 Å². The van der Waals surface area contributed by atoms with Crippen molar-refractivity contribution in [3.05, 3.63) is 113 Å². The van der Waals surface area contributed by atoms with Gasteiger partial charge in [0.15, 0.2) is 0 Å². The third-order valence-electron chi connectivity index (χ3n) is 5.55. The summed E-state index contributed by atoms with van der Waals surface area (Å²) in [5, 5.41) is 14.2. The number of hydrogen-bond donors (Lipinski definition) is 1. The minimum Gasteiger partial charge on any atom is -0.488 e. The molecule has 184 valence electrons. The molecule has 4 rings (SSSR count). The van der Waals surface area contributed by atoms with Gasteiger partial charge in [-0.3, -0.25) is 4.79 Å². The van der Waals surface area contributed by atoms with Crippen molar-refractivity contribution in [2.24, 2.45) is 0 Å². The third-order valence-corrected chi connectivity index (χ3v) is 5.55. The minimum absolute atomic E-state index is 0.127. The molecule has 0 unspecified atom stereocenters. The number of amides is 1. The lowest BCUT2D eigenvalue weighted by Crippen LogP contribution is -2.14. The fourth-order valence-electron chi connectivity index (χ4n) is 3.69. The fraction of sp³-hybridized carbons (Fsp3) is 0.100. The largest absolute Gasteiger partial charge is 0.488 e. The third kappa shape index (κ3) is 6.19. The average Bonchev–Trinajstić information content (AvgIpc) is 2.92. The van der Waals surface area contributed by atoms with Gasteiger partial charge in [-0.2, -0.15) is 5.26 Å². The van der Waals surface area contributed by atoms with Crippen molar-refractivity contribution in [2.45, 2.75) is 13.5 Å². The SMILES string of the molecule is CCOC(=O)c1ccc(NC(=O)/C(C#N)=C/c2c(OCc3ccc(F)cc3)ccc3ccccc23)cc1. The molecule has 7 heteroatoms. The Morgan fingerprint density at radius 2 is 1.70 bits per heavy atom. The Labute approximate surface area is 213 Å². The summed E-state index contributed by atoms with van der Waals surface area (Å²) in [6, 6.07) is 25.4. The first-order chi connectivity index (χ1) is 18.0. The summed E-state index contributed by atoms with van der Waals surface area (Å²) in [7, 11) is 0. The molecule has 1 amide bonds. The monoisotopic (exact) mass is 494 g/mol. The quantitative estimate of drug-likeness (QED) is 0.177. The summed E-state index contributed by atoms with van der Waals surface area (Å²) in [5.74, 6) is -0.924. The molecule has 4 aromatic carbocycles. The van der Waals surface area contributed by atoms with E-state index in [1.807, 2.05) is 36.4 Å². The van der Waals surface area contributed by atoms with Gasteiger partial charge in [0.25, 0.3) is 5.91 Å². The molecule has 0 aliphatic rings. The second-order valence-corrected chi connectivity index (χ2v) is 8.04. The minimum atomic E-state index is -0.608. The first-order valence-corrected chi connectivity index (χ1v) is 11.6. The number of halogens is 1. The number of benzene rings is 4. The lowest BCUT2D eigenvalue weighted by molar-refractivity contribution is -0.112. The normalized spacial score (nSPS) is 11.0. The zero-order valence-electron chi connectivity index (χ0n) is 20.0. The fourth-order valence-corrected chi connectivity index (χ4v) is 3.69. The molecule has 6 nitrogen and oxygen atoms in total. The molecule has 4 aromatic rings. The van der Waals surface area contributed by atoms with E-state index in [1.54, 1.807) is 37.3 Å². The number of carbonyl (C=O) groups excluding carboxylic acids is 2. The van der Waals surface area contributed by atoms with Crippen molar-refractivity contribution in [3.8, 4) is 11.8 Å². The Balaban J connectivity index is 1.61. The van der Waals surface area contributed by atoms with Crippen LogP contribution in [0.3, 0.4) is 0 Å². The number of esters is 1. The highest BCUT2D eigenvalue weighted by atomic mass is 19.1. The molecule has 0 radical (unpaired) electrons. The van der Waals surface area contributed by atoms with E-state index < -0.39 is 11.9 Å². The summed E-state index contributed by atoms with van der Waals surface area (Å²) in [6.45, 7) is 2.16. The molecular formula is C30H23FN2O4. The smallest absolute Gasteiger partial charge is 0.338 e. The summed E-state index contributed by atoms with van der Waals surface area (Å²) in [6.07, 6.45) is 1.49. The highest BCUT2D eigenvalue weighted by Crippen LogP contribution is 2.31. The number of nitrogens with zero attached hydrogens (tertiary/aromatic N) is 1. The zero-order chi connectivity index (χ0) is 26.2. The molecule has 0 aromatic heterocycles. The van der Waals surface area contributed by atoms with E-state index in [0.29, 0.717) is 22.6 Å². The van der Waals surface area contributed by atoms with Crippen LogP contribution >= 0.6 is 0 Å². The van der Waals surface area contributed by atoms with Crippen molar-refractivity contribution >= 4 is 34.4 Å². The second-order valence-electron chi connectivity index (χ2n) is 8.04. The molecule has 0 atom stereocenters. The Bertz CT molecular complexity index is 1500. The Morgan fingerprint density at radius 3 is 2.41 bits per heavy atom. The Hall–Kier alpha value is -4.96. The van der Waals surface area contributed by atoms with Crippen LogP contribution in [0.5, 0.6) is 5.75 Å². The molecule has 0 bridgehead atoms. The first kappa shape index (κ1) is 25.1. The van der Waals surface area contributed by atoms with Gasteiger partial charge in [0.1, 0.15) is 29.8 Å². The average molecular weight is 495 g/mol. The van der Waals surface area contributed by atoms with E-state index in [0.717, 1.165) is 16.3 Å². The van der Waals surface area contributed by atoms with Gasteiger partial charge in [0.05, 0.1) is 12.2 Å². The van der Waals surface area contributed by atoms with E-state index in [2.05, 4.69) is 5.32 Å². The molecule has 0 aliphatic heterocycles. The van der Waals surface area contributed by atoms with Crippen LogP contribution in [0.15, 0.2) is 90.5 Å². The second kappa shape index (κ2) is 11.6. The lowest BCUT2D eigenvalue weighted by Gasteiger charge is -2.13. The molecule has 0 aliphatic carbocycles. The Morgan fingerprint density at radius 1 is 0.973 bits per heavy atom. The van der Waals surface area contributed by atoms with Crippen molar-refractivity contribution in [3.63, 3.8) is 0 Å². The number of fused-ring (bicyclic) bond motifs is 1. The summed E-state index contributed by atoms with van der Waals surface area (Å²) >= 11 is 0. The number of ether oxygens (including phenoxy) is 2. The van der Waals surface area contributed by atoms with Gasteiger partial charge in [-0.25, -0.2) is 9.18 Å². The van der Waals surface area contributed by atoms with E-state index in [1.165, 1.54) is 30.3 Å². The molecule has 0 spiro atoms. The van der Waals surface area contributed by atoms with Crippen molar-refractivity contribution in [1.82, 2.24) is 0 Å². The van der Waals surface area contributed by atoms with Crippen molar-refractivity contribution in [2.75, 3.05) is 11.9 Å². The summed E-state index contributed by atoms with van der Waals surface area (Å²) in [5.41, 5.74) is 2.00. The van der Waals surface area contributed by atoms with Gasteiger partial charge in [-0.05, 0) is 71.8 Å². The van der Waals surface area contributed by atoms with E-state index in [-0.39, 0.29) is 24.6 Å². The highest BCUT2D eigenvalue weighted by Gasteiger charge is 2.15. The molecule has 0 heterocycles. The number of nitriles is 1. The van der Waals surface area contributed by atoms with Crippen molar-refractivity contribution in [1.29, 1.82) is 5.26 Å². The highest BCUT2D eigenvalue weighted by molar-refractivity contribution is 6.11. The molecular weight excluding hydrogens is 471 g/mol. The van der Waals surface area contributed by atoms with Gasteiger partial charge < -0.3 is 14.8 Å².